The predicted octanol–water partition coefficient (Wildman–Crippen LogP) is 4.79. The number of nitrogens with one attached hydrogen (secondary N) is 2. The molecule has 0 heterocycles. The van der Waals surface area contributed by atoms with Crippen molar-refractivity contribution < 1.29 is 19.1 Å². The second-order valence-electron chi connectivity index (χ2n) is 8.96. The third-order valence-corrected chi connectivity index (χ3v) is 4.59. The minimum Gasteiger partial charge on any atom is -0.463 e. The summed E-state index contributed by atoms with van der Waals surface area (Å²) in [6.45, 7) is 11.0. The van der Waals surface area contributed by atoms with Crippen molar-refractivity contribution >= 4 is 23.5 Å². The molecule has 0 aliphatic rings. The summed E-state index contributed by atoms with van der Waals surface area (Å²) in [5.41, 5.74) is 2.28. The van der Waals surface area contributed by atoms with Crippen molar-refractivity contribution in [1.29, 1.82) is 0 Å². The summed E-state index contributed by atoms with van der Waals surface area (Å²) in [5, 5.41) is 5.76. The molecule has 1 atom stereocenters. The largest absolute Gasteiger partial charge is 0.463 e. The van der Waals surface area contributed by atoms with E-state index >= 15 is 0 Å². The number of aryl methyl sites for hydroxylation is 1. The predicted molar refractivity (Wildman–Crippen MR) is 122 cm³/mol. The van der Waals surface area contributed by atoms with Crippen LogP contribution in [0.4, 0.5) is 5.69 Å². The Bertz CT molecular complexity index is 927. The number of rotatable bonds is 7. The number of carbonyl (C=O) groups is 3. The van der Waals surface area contributed by atoms with Gasteiger partial charge in [0.15, 0.2) is 0 Å². The van der Waals surface area contributed by atoms with Crippen molar-refractivity contribution in [2.45, 2.75) is 60.1 Å². The monoisotopic (exact) mass is 424 g/mol. The number of ether oxygens (including phenoxy) is 1. The first-order chi connectivity index (χ1) is 14.5. The van der Waals surface area contributed by atoms with E-state index in [0.29, 0.717) is 11.3 Å². The molecule has 0 radical (unpaired) electrons. The molecule has 2 rings (SSSR count). The van der Waals surface area contributed by atoms with Crippen LogP contribution >= 0.6 is 0 Å². The Labute approximate surface area is 184 Å². The topological polar surface area (TPSA) is 84.5 Å². The normalized spacial score (nSPS) is 12.2. The zero-order valence-corrected chi connectivity index (χ0v) is 19.1. The average Bonchev–Trinajstić information content (AvgIpc) is 2.67. The van der Waals surface area contributed by atoms with Crippen LogP contribution in [0.2, 0.25) is 0 Å². The van der Waals surface area contributed by atoms with Gasteiger partial charge in [0.05, 0.1) is 18.6 Å². The van der Waals surface area contributed by atoms with E-state index in [1.807, 2.05) is 52.0 Å². The van der Waals surface area contributed by atoms with E-state index in [1.54, 1.807) is 38.1 Å². The van der Waals surface area contributed by atoms with Gasteiger partial charge in [0.25, 0.3) is 5.91 Å². The molecule has 0 aliphatic heterocycles. The molecule has 0 saturated heterocycles. The fourth-order valence-corrected chi connectivity index (χ4v) is 2.83. The minimum atomic E-state index is -0.550. The summed E-state index contributed by atoms with van der Waals surface area (Å²) in [5.74, 6) is -0.860. The first-order valence-electron chi connectivity index (χ1n) is 10.4. The standard InChI is InChI=1S/C25H32N2O4/c1-16(2)31-22(28)15-21(18-12-10-17(3)11-13-18)27-23(29)19-8-7-9-20(14-19)26-24(30)25(4,5)6/h7-14,16,21H,15H2,1-6H3,(H,26,30)(H,27,29). The molecule has 6 heteroatoms. The molecule has 6 nitrogen and oxygen atoms in total. The van der Waals surface area contributed by atoms with Crippen LogP contribution in [0.15, 0.2) is 48.5 Å². The molecule has 0 aliphatic carbocycles. The molecule has 2 aromatic rings. The zero-order valence-electron chi connectivity index (χ0n) is 19.1. The van der Waals surface area contributed by atoms with Crippen LogP contribution in [0.3, 0.4) is 0 Å². The van der Waals surface area contributed by atoms with E-state index < -0.39 is 11.5 Å². The molecule has 0 saturated carbocycles. The number of anilines is 1. The van der Waals surface area contributed by atoms with Crippen LogP contribution in [-0.4, -0.2) is 23.9 Å². The Hall–Kier alpha value is -3.15. The lowest BCUT2D eigenvalue weighted by molar-refractivity contribution is -0.148. The van der Waals surface area contributed by atoms with E-state index in [9.17, 15) is 14.4 Å². The second-order valence-corrected chi connectivity index (χ2v) is 8.96. The number of hydrogen-bond donors (Lipinski definition) is 2. The summed E-state index contributed by atoms with van der Waals surface area (Å²) in [6, 6.07) is 13.9. The highest BCUT2D eigenvalue weighted by atomic mass is 16.5. The van der Waals surface area contributed by atoms with Gasteiger partial charge in [0.1, 0.15) is 0 Å². The van der Waals surface area contributed by atoms with Gasteiger partial charge in [-0.25, -0.2) is 0 Å². The molecule has 0 spiro atoms. The maximum atomic E-state index is 13.0. The van der Waals surface area contributed by atoms with Gasteiger partial charge in [-0.15, -0.1) is 0 Å². The van der Waals surface area contributed by atoms with Crippen LogP contribution in [0.25, 0.3) is 0 Å². The number of esters is 1. The fraction of sp³-hybridized carbons (Fsp3) is 0.400. The lowest BCUT2D eigenvalue weighted by Crippen LogP contribution is -2.31. The third kappa shape index (κ3) is 7.55. The molecule has 2 amide bonds. The lowest BCUT2D eigenvalue weighted by atomic mass is 9.95. The number of carbonyl (C=O) groups excluding carboxylic acids is 3. The van der Waals surface area contributed by atoms with Crippen molar-refractivity contribution in [3.05, 3.63) is 65.2 Å². The van der Waals surface area contributed by atoms with Crippen LogP contribution in [-0.2, 0) is 14.3 Å². The van der Waals surface area contributed by atoms with Gasteiger partial charge < -0.3 is 15.4 Å². The van der Waals surface area contributed by atoms with Gasteiger partial charge in [0, 0.05) is 16.7 Å². The van der Waals surface area contributed by atoms with Crippen LogP contribution < -0.4 is 10.6 Å². The van der Waals surface area contributed by atoms with Crippen molar-refractivity contribution in [1.82, 2.24) is 5.32 Å². The fourth-order valence-electron chi connectivity index (χ4n) is 2.83. The third-order valence-electron chi connectivity index (χ3n) is 4.59. The van der Waals surface area contributed by atoms with Crippen molar-refractivity contribution in [3.8, 4) is 0 Å². The first-order valence-corrected chi connectivity index (χ1v) is 10.4. The molecule has 31 heavy (non-hydrogen) atoms. The van der Waals surface area contributed by atoms with Crippen LogP contribution in [0.1, 0.15) is 68.6 Å². The molecule has 2 aromatic carbocycles. The van der Waals surface area contributed by atoms with Gasteiger partial charge >= 0.3 is 5.97 Å². The summed E-state index contributed by atoms with van der Waals surface area (Å²) in [4.78, 5) is 37.5. The molecule has 1 unspecified atom stereocenters. The smallest absolute Gasteiger partial charge is 0.308 e. The average molecular weight is 425 g/mol. The SMILES string of the molecule is Cc1ccc(C(CC(=O)OC(C)C)NC(=O)c2cccc(NC(=O)C(C)(C)C)c2)cc1. The van der Waals surface area contributed by atoms with Gasteiger partial charge in [0.2, 0.25) is 5.91 Å². The van der Waals surface area contributed by atoms with Crippen LogP contribution in [0.5, 0.6) is 0 Å². The van der Waals surface area contributed by atoms with E-state index in [2.05, 4.69) is 10.6 Å². The first kappa shape index (κ1) is 24.1. The highest BCUT2D eigenvalue weighted by molar-refractivity contribution is 5.98. The maximum Gasteiger partial charge on any atom is 0.308 e. The van der Waals surface area contributed by atoms with Gasteiger partial charge in [-0.1, -0.05) is 56.7 Å². The van der Waals surface area contributed by atoms with Crippen molar-refractivity contribution in [2.75, 3.05) is 5.32 Å². The summed E-state index contributed by atoms with van der Waals surface area (Å²) < 4.78 is 5.27. The lowest BCUT2D eigenvalue weighted by Gasteiger charge is -2.20. The Kier molecular flexibility index (Phi) is 7.97. The summed E-state index contributed by atoms with van der Waals surface area (Å²) in [7, 11) is 0. The Morgan fingerprint density at radius 2 is 1.65 bits per heavy atom. The number of amides is 2. The molecule has 0 bridgehead atoms. The summed E-state index contributed by atoms with van der Waals surface area (Å²) >= 11 is 0. The molecular weight excluding hydrogens is 392 g/mol. The molecule has 0 fully saturated rings. The van der Waals surface area contributed by atoms with E-state index in [1.165, 1.54) is 0 Å². The van der Waals surface area contributed by atoms with Gasteiger partial charge in [-0.2, -0.15) is 0 Å². The Morgan fingerprint density at radius 1 is 1.00 bits per heavy atom. The second kappa shape index (κ2) is 10.2. The van der Waals surface area contributed by atoms with Gasteiger partial charge in [-0.3, -0.25) is 14.4 Å². The zero-order chi connectivity index (χ0) is 23.2. The number of benzene rings is 2. The maximum absolute atomic E-state index is 13.0. The van der Waals surface area contributed by atoms with E-state index in [4.69, 9.17) is 4.74 Å². The highest BCUT2D eigenvalue weighted by Crippen LogP contribution is 2.21. The van der Waals surface area contributed by atoms with E-state index in [-0.39, 0.29) is 30.3 Å². The Balaban J connectivity index is 2.21. The number of hydrogen-bond acceptors (Lipinski definition) is 4. The molecular formula is C25H32N2O4. The van der Waals surface area contributed by atoms with Crippen LogP contribution in [0, 0.1) is 12.3 Å². The quantitative estimate of drug-likeness (QED) is 0.626. The van der Waals surface area contributed by atoms with Crippen molar-refractivity contribution in [3.63, 3.8) is 0 Å². The Morgan fingerprint density at radius 3 is 2.23 bits per heavy atom. The summed E-state index contributed by atoms with van der Waals surface area (Å²) in [6.07, 6.45) is -0.210. The molecule has 0 aromatic heterocycles. The highest BCUT2D eigenvalue weighted by Gasteiger charge is 2.23. The van der Waals surface area contributed by atoms with E-state index in [0.717, 1.165) is 11.1 Å². The minimum absolute atomic E-state index is 0.0213. The van der Waals surface area contributed by atoms with Gasteiger partial charge in [-0.05, 0) is 44.5 Å². The molecule has 2 N–H and O–H groups in total. The molecule has 166 valence electrons. The van der Waals surface area contributed by atoms with Crippen molar-refractivity contribution in [2.24, 2.45) is 5.41 Å².